The number of amides is 2. The fraction of sp³-hybridized carbons (Fsp3) is 0.500. The number of phenols is 1. The number of phenolic OH excluding ortho intramolecular Hbond substituents is 1. The van der Waals surface area contributed by atoms with E-state index in [0.29, 0.717) is 38.5 Å². The predicted molar refractivity (Wildman–Crippen MR) is 167 cm³/mol. The molecular weight excluding hydrogens is 561 g/mol. The summed E-state index contributed by atoms with van der Waals surface area (Å²) in [7, 11) is -1.08. The number of unbranched alkanes of at least 4 members (excludes halogenated alkanes) is 2. The molecule has 2 amide bonds. The van der Waals surface area contributed by atoms with E-state index in [-0.39, 0.29) is 43.5 Å². The lowest BCUT2D eigenvalue weighted by molar-refractivity contribution is -0.141. The van der Waals surface area contributed by atoms with E-state index in [1.165, 1.54) is 10.5 Å². The average molecular weight is 604 g/mol. The van der Waals surface area contributed by atoms with Gasteiger partial charge in [-0.3, -0.25) is 19.3 Å². The highest BCUT2D eigenvalue weighted by Gasteiger charge is 2.57. The van der Waals surface area contributed by atoms with Crippen LogP contribution < -0.4 is 0 Å². The number of carbonyl (C=O) groups is 3. The Morgan fingerprint density at radius 2 is 1.80 bits per heavy atom. The van der Waals surface area contributed by atoms with Crippen LogP contribution in [-0.2, 0) is 19.0 Å². The van der Waals surface area contributed by atoms with Crippen molar-refractivity contribution in [2.45, 2.75) is 77.1 Å². The smallest absolute Gasteiger partial charge is 0.455 e. The van der Waals surface area contributed by atoms with E-state index in [9.17, 15) is 29.6 Å². The first kappa shape index (κ1) is 31.9. The maximum atomic E-state index is 13.6. The number of imide groups is 1. The lowest BCUT2D eigenvalue weighted by Gasteiger charge is -2.43. The van der Waals surface area contributed by atoms with Gasteiger partial charge in [0.1, 0.15) is 5.75 Å². The number of fused-ring (bicyclic) bond motifs is 4. The second-order valence-electron chi connectivity index (χ2n) is 12.3. The molecule has 2 aromatic carbocycles. The number of hydrogen-bond acceptors (Lipinski definition) is 7. The van der Waals surface area contributed by atoms with Crippen LogP contribution in [0.5, 0.6) is 5.75 Å². The van der Waals surface area contributed by atoms with Gasteiger partial charge in [-0.15, -0.1) is 0 Å². The van der Waals surface area contributed by atoms with Gasteiger partial charge in [0.15, 0.2) is 0 Å². The van der Waals surface area contributed by atoms with Crippen molar-refractivity contribution in [3.05, 3.63) is 58.7 Å². The van der Waals surface area contributed by atoms with Crippen LogP contribution in [0.4, 0.5) is 0 Å². The van der Waals surface area contributed by atoms with Gasteiger partial charge in [0.05, 0.1) is 24.5 Å². The summed E-state index contributed by atoms with van der Waals surface area (Å²) in [6, 6.07) is 11.4. The van der Waals surface area contributed by atoms with Gasteiger partial charge >= 0.3 is 13.1 Å². The Bertz CT molecular complexity index is 1470. The molecule has 0 aromatic heterocycles. The van der Waals surface area contributed by atoms with Crippen LogP contribution >= 0.6 is 0 Å². The van der Waals surface area contributed by atoms with Gasteiger partial charge < -0.3 is 25.0 Å². The molecule has 234 valence electrons. The number of carboxylic acid groups (broad SMARTS) is 1. The van der Waals surface area contributed by atoms with Crippen molar-refractivity contribution in [2.24, 2.45) is 17.8 Å². The maximum absolute atomic E-state index is 13.6. The summed E-state index contributed by atoms with van der Waals surface area (Å²) in [4.78, 5) is 39.2. The van der Waals surface area contributed by atoms with E-state index in [1.54, 1.807) is 6.07 Å². The van der Waals surface area contributed by atoms with Crippen molar-refractivity contribution < 1.29 is 39.4 Å². The molecule has 2 aliphatic heterocycles. The monoisotopic (exact) mass is 603 g/mol. The van der Waals surface area contributed by atoms with Crippen molar-refractivity contribution in [3.63, 3.8) is 0 Å². The Balaban J connectivity index is 1.35. The molecule has 4 atom stereocenters. The molecule has 0 saturated carbocycles. The molecule has 2 saturated heterocycles. The molecule has 10 heteroatoms. The summed E-state index contributed by atoms with van der Waals surface area (Å²) in [6.07, 6.45) is 6.89. The number of carboxylic acids is 1. The van der Waals surface area contributed by atoms with E-state index in [1.807, 2.05) is 30.3 Å². The van der Waals surface area contributed by atoms with Gasteiger partial charge in [0.25, 0.3) is 0 Å². The van der Waals surface area contributed by atoms with Crippen LogP contribution in [0.2, 0.25) is 6.32 Å². The number of aliphatic hydroxyl groups excluding tert-OH is 1. The van der Waals surface area contributed by atoms with Crippen molar-refractivity contribution in [1.82, 2.24) is 4.90 Å². The molecule has 0 unspecified atom stereocenters. The minimum atomic E-state index is -1.08. The van der Waals surface area contributed by atoms with Crippen molar-refractivity contribution in [1.29, 1.82) is 0 Å². The zero-order valence-electron chi connectivity index (χ0n) is 25.3. The summed E-state index contributed by atoms with van der Waals surface area (Å²) in [5.74, 6) is -2.66. The van der Waals surface area contributed by atoms with Crippen LogP contribution in [0, 0.1) is 17.8 Å². The van der Waals surface area contributed by atoms with Gasteiger partial charge in [-0.2, -0.15) is 0 Å². The quantitative estimate of drug-likeness (QED) is 0.109. The third-order valence-electron chi connectivity index (χ3n) is 9.46. The lowest BCUT2D eigenvalue weighted by Crippen LogP contribution is -2.46. The van der Waals surface area contributed by atoms with Gasteiger partial charge in [0, 0.05) is 18.4 Å². The Morgan fingerprint density at radius 1 is 1.02 bits per heavy atom. The Labute approximate surface area is 258 Å². The van der Waals surface area contributed by atoms with Crippen LogP contribution in [0.1, 0.15) is 70.3 Å². The molecule has 1 aliphatic carbocycles. The van der Waals surface area contributed by atoms with Crippen molar-refractivity contribution in [3.8, 4) is 5.75 Å². The molecule has 0 radical (unpaired) electrons. The molecule has 3 aliphatic rings. The minimum absolute atomic E-state index is 0.0579. The van der Waals surface area contributed by atoms with Crippen molar-refractivity contribution in [2.75, 3.05) is 13.2 Å². The first-order chi connectivity index (χ1) is 21.2. The Morgan fingerprint density at radius 3 is 2.52 bits per heavy atom. The lowest BCUT2D eigenvalue weighted by atomic mass is 9.58. The highest BCUT2D eigenvalue weighted by molar-refractivity contribution is 6.43. The standard InChI is InChI=1S/C34H42BNO8/c1-2-8-21(17-22-13-14-28(38)25-10-6-5-9-24(22)25)12-15-29-31-23(20-37)18-26-32(27(31)19-35(43)44-29)34(42)36(33(26)41)16-7-3-4-11-30(39)40/h5-6,9-10,13-14,17,26-27,29,32,37-38,43H,2-4,7-8,11-12,15-16,18-20H2,1H3,(H,39,40)/b21-17+/t26-,27+,29-,32-/m1/s1. The number of aromatic hydroxyl groups is 1. The van der Waals surface area contributed by atoms with Gasteiger partial charge in [0.2, 0.25) is 11.8 Å². The van der Waals surface area contributed by atoms with Crippen LogP contribution in [0.25, 0.3) is 16.8 Å². The van der Waals surface area contributed by atoms with Gasteiger partial charge in [-0.05, 0) is 78.9 Å². The summed E-state index contributed by atoms with van der Waals surface area (Å²) in [6.45, 7) is 2.13. The Kier molecular flexibility index (Phi) is 10.2. The molecule has 2 fully saturated rings. The maximum Gasteiger partial charge on any atom is 0.455 e. The summed E-state index contributed by atoms with van der Waals surface area (Å²) >= 11 is 0. The van der Waals surface area contributed by atoms with E-state index in [2.05, 4.69) is 13.0 Å². The SMILES string of the molecule is CCC/C(=C\c1ccc(O)c2ccccc12)CC[C@H]1OB(O)C[C@H]2C1=C(CO)C[C@H]1C(=O)N(CCCCCC(=O)O)C(=O)[C@H]12. The number of nitrogens with zero attached hydrogens (tertiary/aromatic N) is 1. The molecule has 5 rings (SSSR count). The van der Waals surface area contributed by atoms with Gasteiger partial charge in [-0.25, -0.2) is 0 Å². The number of rotatable bonds is 13. The molecule has 0 bridgehead atoms. The van der Waals surface area contributed by atoms with E-state index in [0.717, 1.165) is 40.3 Å². The van der Waals surface area contributed by atoms with Crippen LogP contribution in [-0.4, -0.2) is 69.4 Å². The third-order valence-corrected chi connectivity index (χ3v) is 9.46. The number of aliphatic carboxylic acids is 1. The zero-order valence-corrected chi connectivity index (χ0v) is 25.3. The van der Waals surface area contributed by atoms with Crippen LogP contribution in [0.15, 0.2) is 53.1 Å². The number of allylic oxidation sites excluding steroid dienone is 1. The van der Waals surface area contributed by atoms with Crippen LogP contribution in [0.3, 0.4) is 0 Å². The van der Waals surface area contributed by atoms with E-state index < -0.39 is 36.9 Å². The highest BCUT2D eigenvalue weighted by Crippen LogP contribution is 2.50. The number of hydrogen-bond donors (Lipinski definition) is 4. The first-order valence-corrected chi connectivity index (χ1v) is 15.9. The average Bonchev–Trinajstić information content (AvgIpc) is 3.25. The van der Waals surface area contributed by atoms with E-state index in [4.69, 9.17) is 9.76 Å². The molecular formula is C34H42BNO8. The molecule has 44 heavy (non-hydrogen) atoms. The van der Waals surface area contributed by atoms with E-state index >= 15 is 0 Å². The molecule has 2 aromatic rings. The molecule has 0 spiro atoms. The molecule has 2 heterocycles. The number of likely N-dealkylation sites (tertiary alicyclic amines) is 1. The van der Waals surface area contributed by atoms with Crippen molar-refractivity contribution >= 4 is 41.8 Å². The summed E-state index contributed by atoms with van der Waals surface area (Å²) in [5, 5.41) is 42.2. The third kappa shape index (κ3) is 6.62. The second-order valence-corrected chi connectivity index (χ2v) is 12.3. The summed E-state index contributed by atoms with van der Waals surface area (Å²) < 4.78 is 6.07. The fourth-order valence-electron chi connectivity index (χ4n) is 7.48. The largest absolute Gasteiger partial charge is 0.507 e. The highest BCUT2D eigenvalue weighted by atomic mass is 16.5. The van der Waals surface area contributed by atoms with Gasteiger partial charge in [-0.1, -0.05) is 61.7 Å². The predicted octanol–water partition coefficient (Wildman–Crippen LogP) is 4.94. The normalized spacial score (nSPS) is 23.8. The molecule has 4 N–H and O–H groups in total. The fourth-order valence-corrected chi connectivity index (χ4v) is 7.48. The zero-order chi connectivity index (χ0) is 31.4. The molecule has 9 nitrogen and oxygen atoms in total. The minimum Gasteiger partial charge on any atom is -0.507 e. The second kappa shape index (κ2) is 14.1. The number of carbonyl (C=O) groups excluding carboxylic acids is 2. The Hall–Kier alpha value is -3.47. The number of aliphatic hydroxyl groups is 1. The summed E-state index contributed by atoms with van der Waals surface area (Å²) in [5.41, 5.74) is 3.79. The number of benzene rings is 2. The first-order valence-electron chi connectivity index (χ1n) is 15.9. The topological polar surface area (TPSA) is 145 Å².